The summed E-state index contributed by atoms with van der Waals surface area (Å²) < 4.78 is 13.8. The summed E-state index contributed by atoms with van der Waals surface area (Å²) in [7, 11) is 0. The predicted octanol–water partition coefficient (Wildman–Crippen LogP) is 2.81. The lowest BCUT2D eigenvalue weighted by Crippen LogP contribution is -2.26. The first-order chi connectivity index (χ1) is 10.6. The second-order valence-corrected chi connectivity index (χ2v) is 5.03. The Morgan fingerprint density at radius 3 is 2.77 bits per heavy atom. The van der Waals surface area contributed by atoms with Crippen molar-refractivity contribution < 1.29 is 14.3 Å². The average molecular weight is 323 g/mol. The number of aliphatic hydroxyl groups is 1. The molecule has 2 aromatic carbocycles. The molecule has 0 aliphatic carbocycles. The number of aliphatic hydroxyl groups excluding tert-OH is 1. The molecule has 0 heterocycles. The smallest absolute Gasteiger partial charge is 0.251 e. The minimum absolute atomic E-state index is 0.0800. The van der Waals surface area contributed by atoms with Crippen molar-refractivity contribution in [3.05, 3.63) is 64.4 Å². The number of rotatable bonds is 6. The molecule has 0 fully saturated rings. The molecule has 0 spiro atoms. The van der Waals surface area contributed by atoms with Crippen LogP contribution in [0.25, 0.3) is 0 Å². The Hall–Kier alpha value is -2.11. The van der Waals surface area contributed by atoms with Gasteiger partial charge in [0.1, 0.15) is 5.82 Å². The van der Waals surface area contributed by atoms with Crippen molar-refractivity contribution in [1.29, 1.82) is 0 Å². The Kier molecular flexibility index (Phi) is 5.75. The summed E-state index contributed by atoms with van der Waals surface area (Å²) in [5, 5.41) is 14.4. The Balaban J connectivity index is 2.04. The number of anilines is 1. The summed E-state index contributed by atoms with van der Waals surface area (Å²) in [4.78, 5) is 11.8. The first-order valence-electron chi connectivity index (χ1n) is 6.77. The predicted molar refractivity (Wildman–Crippen MR) is 84.6 cm³/mol. The van der Waals surface area contributed by atoms with E-state index in [4.69, 9.17) is 16.7 Å². The molecule has 0 aromatic heterocycles. The lowest BCUT2D eigenvalue weighted by Gasteiger charge is -2.10. The number of amides is 1. The molecule has 0 saturated carbocycles. The van der Waals surface area contributed by atoms with Crippen LogP contribution in [0.1, 0.15) is 15.9 Å². The van der Waals surface area contributed by atoms with E-state index >= 15 is 0 Å². The third-order valence-corrected chi connectivity index (χ3v) is 3.33. The molecule has 2 rings (SSSR count). The van der Waals surface area contributed by atoms with Gasteiger partial charge in [-0.3, -0.25) is 4.79 Å². The third-order valence-electron chi connectivity index (χ3n) is 3.04. The van der Waals surface area contributed by atoms with Gasteiger partial charge < -0.3 is 15.7 Å². The first kappa shape index (κ1) is 16.3. The number of hydrogen-bond acceptors (Lipinski definition) is 3. The molecule has 0 radical (unpaired) electrons. The summed E-state index contributed by atoms with van der Waals surface area (Å²) in [6.07, 6.45) is 0. The number of hydrogen-bond donors (Lipinski definition) is 3. The Bertz CT molecular complexity index is 664. The first-order valence-corrected chi connectivity index (χ1v) is 7.15. The molecule has 0 aliphatic heterocycles. The topological polar surface area (TPSA) is 61.4 Å². The van der Waals surface area contributed by atoms with Crippen LogP contribution in [0.3, 0.4) is 0 Å². The van der Waals surface area contributed by atoms with Crippen LogP contribution in [0.5, 0.6) is 0 Å². The quantitative estimate of drug-likeness (QED) is 0.766. The normalized spacial score (nSPS) is 10.3. The van der Waals surface area contributed by atoms with Crippen LogP contribution in [0.4, 0.5) is 10.1 Å². The molecular weight excluding hydrogens is 307 g/mol. The fourth-order valence-electron chi connectivity index (χ4n) is 1.92. The molecule has 6 heteroatoms. The Morgan fingerprint density at radius 1 is 1.23 bits per heavy atom. The van der Waals surface area contributed by atoms with Crippen LogP contribution >= 0.6 is 11.6 Å². The van der Waals surface area contributed by atoms with Crippen LogP contribution in [0.15, 0.2) is 42.5 Å². The molecular formula is C16H16ClFN2O2. The van der Waals surface area contributed by atoms with Crippen molar-refractivity contribution >= 4 is 23.2 Å². The summed E-state index contributed by atoms with van der Waals surface area (Å²) in [6.45, 7) is 0.343. The molecule has 0 saturated heterocycles. The van der Waals surface area contributed by atoms with Gasteiger partial charge in [-0.1, -0.05) is 29.8 Å². The fraction of sp³-hybridized carbons (Fsp3) is 0.188. The Labute approximate surface area is 132 Å². The highest BCUT2D eigenvalue weighted by molar-refractivity contribution is 6.30. The fourth-order valence-corrected chi connectivity index (χ4v) is 2.12. The number of benzene rings is 2. The van der Waals surface area contributed by atoms with Crippen LogP contribution in [0.2, 0.25) is 5.02 Å². The number of nitrogens with one attached hydrogen (secondary N) is 2. The van der Waals surface area contributed by atoms with Crippen molar-refractivity contribution in [3.63, 3.8) is 0 Å². The van der Waals surface area contributed by atoms with Crippen LogP contribution in [0, 0.1) is 5.82 Å². The maximum Gasteiger partial charge on any atom is 0.251 e. The van der Waals surface area contributed by atoms with Crippen molar-refractivity contribution in [3.8, 4) is 0 Å². The summed E-state index contributed by atoms with van der Waals surface area (Å²) in [6, 6.07) is 11.7. The minimum atomic E-state index is -0.450. The molecule has 0 aliphatic rings. The van der Waals surface area contributed by atoms with Crippen molar-refractivity contribution in [2.24, 2.45) is 0 Å². The van der Waals surface area contributed by atoms with E-state index < -0.39 is 5.82 Å². The van der Waals surface area contributed by atoms with E-state index in [-0.39, 0.29) is 30.6 Å². The maximum atomic E-state index is 13.8. The van der Waals surface area contributed by atoms with Gasteiger partial charge in [-0.2, -0.15) is 0 Å². The van der Waals surface area contributed by atoms with Gasteiger partial charge in [-0.25, -0.2) is 4.39 Å². The van der Waals surface area contributed by atoms with Gasteiger partial charge in [0.25, 0.3) is 5.91 Å². The van der Waals surface area contributed by atoms with Gasteiger partial charge in [0, 0.05) is 29.9 Å². The van der Waals surface area contributed by atoms with Crippen LogP contribution < -0.4 is 10.6 Å². The molecule has 116 valence electrons. The number of halogens is 2. The number of carbonyl (C=O) groups excluding carboxylic acids is 1. The van der Waals surface area contributed by atoms with Crippen molar-refractivity contribution in [2.75, 3.05) is 18.5 Å². The SMILES string of the molecule is O=C(NCCO)c1cccc(NCc2cccc(Cl)c2F)c1. The molecule has 0 unspecified atom stereocenters. The van der Waals surface area contributed by atoms with E-state index in [1.54, 1.807) is 36.4 Å². The van der Waals surface area contributed by atoms with Gasteiger partial charge in [0.05, 0.1) is 11.6 Å². The molecule has 4 nitrogen and oxygen atoms in total. The second-order valence-electron chi connectivity index (χ2n) is 4.63. The van der Waals surface area contributed by atoms with Gasteiger partial charge in [-0.15, -0.1) is 0 Å². The summed E-state index contributed by atoms with van der Waals surface area (Å²) in [5.41, 5.74) is 1.60. The van der Waals surface area contributed by atoms with Gasteiger partial charge >= 0.3 is 0 Å². The van der Waals surface area contributed by atoms with E-state index in [0.717, 1.165) is 0 Å². The van der Waals surface area contributed by atoms with E-state index in [1.165, 1.54) is 6.07 Å². The Morgan fingerprint density at radius 2 is 2.00 bits per heavy atom. The largest absolute Gasteiger partial charge is 0.395 e. The standard InChI is InChI=1S/C16H16ClFN2O2/c17-14-6-2-4-12(15(14)18)10-20-13-5-1-3-11(9-13)16(22)19-7-8-21/h1-6,9,20-21H,7-8,10H2,(H,19,22). The van der Waals surface area contributed by atoms with Gasteiger partial charge in [0.15, 0.2) is 0 Å². The maximum absolute atomic E-state index is 13.8. The highest BCUT2D eigenvalue weighted by atomic mass is 35.5. The molecule has 1 amide bonds. The number of carbonyl (C=O) groups is 1. The molecule has 2 aromatic rings. The van der Waals surface area contributed by atoms with Crippen molar-refractivity contribution in [1.82, 2.24) is 5.32 Å². The second kappa shape index (κ2) is 7.77. The minimum Gasteiger partial charge on any atom is -0.395 e. The zero-order valence-corrected chi connectivity index (χ0v) is 12.5. The monoisotopic (exact) mass is 322 g/mol. The molecule has 0 atom stereocenters. The molecule has 3 N–H and O–H groups in total. The highest BCUT2D eigenvalue weighted by Gasteiger charge is 2.07. The lowest BCUT2D eigenvalue weighted by atomic mass is 10.1. The average Bonchev–Trinajstić information content (AvgIpc) is 2.54. The summed E-state index contributed by atoms with van der Waals surface area (Å²) >= 11 is 5.73. The van der Waals surface area contributed by atoms with E-state index in [2.05, 4.69) is 10.6 Å². The van der Waals surface area contributed by atoms with Crippen LogP contribution in [-0.4, -0.2) is 24.2 Å². The van der Waals surface area contributed by atoms with E-state index in [1.807, 2.05) is 0 Å². The lowest BCUT2D eigenvalue weighted by molar-refractivity contribution is 0.0945. The zero-order chi connectivity index (χ0) is 15.9. The third kappa shape index (κ3) is 4.19. The zero-order valence-electron chi connectivity index (χ0n) is 11.8. The van der Waals surface area contributed by atoms with E-state index in [9.17, 15) is 9.18 Å². The highest BCUT2D eigenvalue weighted by Crippen LogP contribution is 2.19. The van der Waals surface area contributed by atoms with Gasteiger partial charge in [0.2, 0.25) is 0 Å². The van der Waals surface area contributed by atoms with Crippen LogP contribution in [-0.2, 0) is 6.54 Å². The molecule has 22 heavy (non-hydrogen) atoms. The molecule has 0 bridgehead atoms. The van der Waals surface area contributed by atoms with Crippen molar-refractivity contribution in [2.45, 2.75) is 6.54 Å². The van der Waals surface area contributed by atoms with Gasteiger partial charge in [-0.05, 0) is 24.3 Å². The van der Waals surface area contributed by atoms with E-state index in [0.29, 0.717) is 16.8 Å². The summed E-state index contributed by atoms with van der Waals surface area (Å²) in [5.74, 6) is -0.722.